The van der Waals surface area contributed by atoms with Crippen molar-refractivity contribution < 1.29 is 9.59 Å². The molecule has 1 heterocycles. The molecule has 0 unspecified atom stereocenters. The van der Waals surface area contributed by atoms with E-state index in [2.05, 4.69) is 10.3 Å². The molecule has 0 fully saturated rings. The summed E-state index contributed by atoms with van der Waals surface area (Å²) in [4.78, 5) is 27.9. The van der Waals surface area contributed by atoms with Crippen molar-refractivity contribution in [3.8, 4) is 0 Å². The average Bonchev–Trinajstić information content (AvgIpc) is 2.57. The third kappa shape index (κ3) is 2.60. The highest BCUT2D eigenvalue weighted by Crippen LogP contribution is 2.25. The van der Waals surface area contributed by atoms with Crippen molar-refractivity contribution >= 4 is 34.1 Å². The molecule has 8 heteroatoms. The number of rotatable bonds is 4. The fourth-order valence-electron chi connectivity index (χ4n) is 1.07. The standard InChI is InChI=1S/C8H13N5O2S/c1-11-8-12-6(10)5(16-8)7(15)13(2)3-4(9)14/h3,10H2,1-2H3,(H2,9,14)(H,11,12). The molecule has 88 valence electrons. The van der Waals surface area contributed by atoms with Crippen molar-refractivity contribution in [2.24, 2.45) is 5.73 Å². The number of anilines is 2. The number of carbonyl (C=O) groups excluding carboxylic acids is 2. The van der Waals surface area contributed by atoms with Crippen LogP contribution in [0.3, 0.4) is 0 Å². The summed E-state index contributed by atoms with van der Waals surface area (Å²) >= 11 is 1.13. The summed E-state index contributed by atoms with van der Waals surface area (Å²) in [6.07, 6.45) is 0. The number of nitrogen functional groups attached to an aromatic ring is 1. The summed E-state index contributed by atoms with van der Waals surface area (Å²) in [5, 5.41) is 3.34. The lowest BCUT2D eigenvalue weighted by molar-refractivity contribution is -0.118. The second-order valence-corrected chi connectivity index (χ2v) is 4.11. The number of nitrogens with zero attached hydrogens (tertiary/aromatic N) is 2. The highest BCUT2D eigenvalue weighted by atomic mass is 32.1. The van der Waals surface area contributed by atoms with Gasteiger partial charge in [0.2, 0.25) is 5.91 Å². The number of primary amides is 1. The second-order valence-electron chi connectivity index (χ2n) is 3.11. The largest absolute Gasteiger partial charge is 0.382 e. The first-order valence-electron chi connectivity index (χ1n) is 4.43. The lowest BCUT2D eigenvalue weighted by atomic mass is 10.4. The van der Waals surface area contributed by atoms with Crippen LogP contribution in [0.25, 0.3) is 0 Å². The molecule has 0 spiro atoms. The lowest BCUT2D eigenvalue weighted by Crippen LogP contribution is -2.35. The van der Waals surface area contributed by atoms with Crippen molar-refractivity contribution in [1.82, 2.24) is 9.88 Å². The predicted octanol–water partition coefficient (Wildman–Crippen LogP) is -0.676. The van der Waals surface area contributed by atoms with E-state index in [0.717, 1.165) is 11.3 Å². The van der Waals surface area contributed by atoms with E-state index < -0.39 is 5.91 Å². The van der Waals surface area contributed by atoms with Crippen LogP contribution in [0.4, 0.5) is 10.9 Å². The molecule has 0 aliphatic carbocycles. The fourth-order valence-corrected chi connectivity index (χ4v) is 1.90. The molecule has 2 amide bonds. The molecule has 0 bridgehead atoms. The molecular weight excluding hydrogens is 230 g/mol. The molecule has 0 aliphatic heterocycles. The fraction of sp³-hybridized carbons (Fsp3) is 0.375. The van der Waals surface area contributed by atoms with E-state index >= 15 is 0 Å². The summed E-state index contributed by atoms with van der Waals surface area (Å²) < 4.78 is 0. The first-order chi connectivity index (χ1) is 7.45. The van der Waals surface area contributed by atoms with Crippen molar-refractivity contribution in [3.05, 3.63) is 4.88 Å². The number of amides is 2. The van der Waals surface area contributed by atoms with Gasteiger partial charge >= 0.3 is 0 Å². The van der Waals surface area contributed by atoms with Crippen LogP contribution in [0.1, 0.15) is 9.67 Å². The summed E-state index contributed by atoms with van der Waals surface area (Å²) in [7, 11) is 3.16. The van der Waals surface area contributed by atoms with Crippen LogP contribution in [0, 0.1) is 0 Å². The van der Waals surface area contributed by atoms with E-state index in [-0.39, 0.29) is 18.3 Å². The summed E-state index contributed by atoms with van der Waals surface area (Å²) in [5.74, 6) is -0.793. The van der Waals surface area contributed by atoms with Gasteiger partial charge in [-0.2, -0.15) is 0 Å². The van der Waals surface area contributed by atoms with Crippen LogP contribution in [0.15, 0.2) is 0 Å². The number of likely N-dealkylation sites (N-methyl/N-ethyl adjacent to an activating group) is 1. The summed E-state index contributed by atoms with van der Waals surface area (Å²) in [5.41, 5.74) is 10.6. The maximum absolute atomic E-state index is 11.8. The topological polar surface area (TPSA) is 114 Å². The Morgan fingerprint density at radius 2 is 2.19 bits per heavy atom. The average molecular weight is 243 g/mol. The number of aromatic nitrogens is 1. The van der Waals surface area contributed by atoms with Gasteiger partial charge in [0.15, 0.2) is 5.13 Å². The highest BCUT2D eigenvalue weighted by Gasteiger charge is 2.20. The monoisotopic (exact) mass is 243 g/mol. The quantitative estimate of drug-likeness (QED) is 0.648. The van der Waals surface area contributed by atoms with Crippen molar-refractivity contribution in [1.29, 1.82) is 0 Å². The highest BCUT2D eigenvalue weighted by molar-refractivity contribution is 7.18. The molecule has 0 radical (unpaired) electrons. The van der Waals surface area contributed by atoms with Gasteiger partial charge < -0.3 is 21.7 Å². The second kappa shape index (κ2) is 4.79. The molecule has 0 saturated carbocycles. The van der Waals surface area contributed by atoms with Gasteiger partial charge in [0.25, 0.3) is 5.91 Å². The van der Waals surface area contributed by atoms with Gasteiger partial charge in [-0.05, 0) is 0 Å². The maximum atomic E-state index is 11.8. The molecular formula is C8H13N5O2S. The smallest absolute Gasteiger partial charge is 0.268 e. The zero-order valence-electron chi connectivity index (χ0n) is 8.98. The molecule has 1 rings (SSSR count). The molecule has 7 nitrogen and oxygen atoms in total. The molecule has 0 saturated heterocycles. The Labute approximate surface area is 96.4 Å². The van der Waals surface area contributed by atoms with E-state index in [4.69, 9.17) is 11.5 Å². The van der Waals surface area contributed by atoms with Crippen LogP contribution in [-0.2, 0) is 4.79 Å². The Kier molecular flexibility index (Phi) is 3.67. The third-order valence-corrected chi connectivity index (χ3v) is 2.88. The van der Waals surface area contributed by atoms with Crippen LogP contribution in [0.5, 0.6) is 0 Å². The third-order valence-electron chi connectivity index (χ3n) is 1.80. The lowest BCUT2D eigenvalue weighted by Gasteiger charge is -2.13. The van der Waals surface area contributed by atoms with Gasteiger partial charge in [-0.15, -0.1) is 0 Å². The Morgan fingerprint density at radius 3 is 2.62 bits per heavy atom. The van der Waals surface area contributed by atoms with E-state index in [1.807, 2.05) is 0 Å². The Hall–Kier alpha value is -1.83. The van der Waals surface area contributed by atoms with Gasteiger partial charge in [-0.1, -0.05) is 11.3 Å². The number of hydrogen-bond acceptors (Lipinski definition) is 6. The maximum Gasteiger partial charge on any atom is 0.268 e. The Balaban J connectivity index is 2.87. The van der Waals surface area contributed by atoms with Crippen LogP contribution in [-0.4, -0.2) is 42.3 Å². The predicted molar refractivity (Wildman–Crippen MR) is 62.2 cm³/mol. The van der Waals surface area contributed by atoms with Gasteiger partial charge in [-0.25, -0.2) is 4.98 Å². The first kappa shape index (κ1) is 12.2. The van der Waals surface area contributed by atoms with Gasteiger partial charge in [0.05, 0.1) is 6.54 Å². The number of hydrogen-bond donors (Lipinski definition) is 3. The number of carbonyl (C=O) groups is 2. The molecule has 0 aromatic carbocycles. The zero-order chi connectivity index (χ0) is 12.3. The molecule has 1 aromatic heterocycles. The van der Waals surface area contributed by atoms with Crippen molar-refractivity contribution in [2.75, 3.05) is 31.7 Å². The molecule has 1 aromatic rings. The van der Waals surface area contributed by atoms with Crippen LogP contribution < -0.4 is 16.8 Å². The summed E-state index contributed by atoms with van der Waals surface area (Å²) in [6, 6.07) is 0. The number of nitrogens with one attached hydrogen (secondary N) is 1. The molecule has 0 atom stereocenters. The van der Waals surface area contributed by atoms with Gasteiger partial charge in [-0.3, -0.25) is 9.59 Å². The van der Waals surface area contributed by atoms with Gasteiger partial charge in [0, 0.05) is 14.1 Å². The minimum Gasteiger partial charge on any atom is -0.382 e. The van der Waals surface area contributed by atoms with Gasteiger partial charge in [0.1, 0.15) is 10.7 Å². The van der Waals surface area contributed by atoms with Crippen molar-refractivity contribution in [2.45, 2.75) is 0 Å². The normalized spacial score (nSPS) is 9.88. The Morgan fingerprint density at radius 1 is 1.56 bits per heavy atom. The van der Waals surface area contributed by atoms with E-state index in [9.17, 15) is 9.59 Å². The number of thiazole rings is 1. The van der Waals surface area contributed by atoms with Crippen molar-refractivity contribution in [3.63, 3.8) is 0 Å². The van der Waals surface area contributed by atoms with Crippen LogP contribution >= 0.6 is 11.3 Å². The minimum absolute atomic E-state index is 0.148. The molecule has 16 heavy (non-hydrogen) atoms. The zero-order valence-corrected chi connectivity index (χ0v) is 9.80. The van der Waals surface area contributed by atoms with E-state index in [1.165, 1.54) is 11.9 Å². The summed E-state index contributed by atoms with van der Waals surface area (Å²) in [6.45, 7) is -0.148. The minimum atomic E-state index is -0.576. The number of nitrogens with two attached hydrogens (primary N) is 2. The SMILES string of the molecule is CNc1nc(N)c(C(=O)N(C)CC(N)=O)s1. The Bertz CT molecular complexity index is 417. The van der Waals surface area contributed by atoms with E-state index in [0.29, 0.717) is 10.0 Å². The first-order valence-corrected chi connectivity index (χ1v) is 5.25. The van der Waals surface area contributed by atoms with Crippen LogP contribution in [0.2, 0.25) is 0 Å². The molecule has 5 N–H and O–H groups in total. The molecule has 0 aliphatic rings. The van der Waals surface area contributed by atoms with E-state index in [1.54, 1.807) is 7.05 Å².